The Bertz CT molecular complexity index is 669. The van der Waals surface area contributed by atoms with Gasteiger partial charge in [-0.15, -0.1) is 5.10 Å². The standard InChI is InChI=1S/C12H10ClF3N4O/c1-2-9-18-10(20-19-9)11(21)17-8-4-6(12(14,15)16)3-7(13)5-8/h3-5H,2H2,1H3,(H,17,21)(H,18,19,20). The average molecular weight is 319 g/mol. The molecule has 0 bridgehead atoms. The van der Waals surface area contributed by atoms with Crippen LogP contribution in [-0.4, -0.2) is 21.1 Å². The first-order valence-electron chi connectivity index (χ1n) is 5.90. The van der Waals surface area contributed by atoms with E-state index in [-0.39, 0.29) is 16.5 Å². The Balaban J connectivity index is 2.23. The molecule has 1 amide bonds. The van der Waals surface area contributed by atoms with Crippen molar-refractivity contribution in [3.05, 3.63) is 40.4 Å². The third kappa shape index (κ3) is 3.72. The van der Waals surface area contributed by atoms with E-state index in [1.807, 2.05) is 6.92 Å². The number of aryl methyl sites for hydroxylation is 1. The molecule has 1 heterocycles. The first-order chi connectivity index (χ1) is 9.79. The zero-order valence-electron chi connectivity index (χ0n) is 10.8. The molecule has 2 N–H and O–H groups in total. The Hall–Kier alpha value is -2.09. The third-order valence-corrected chi connectivity index (χ3v) is 2.77. The molecule has 0 fully saturated rings. The normalized spacial score (nSPS) is 11.5. The number of rotatable bonds is 3. The van der Waals surface area contributed by atoms with Crippen LogP contribution < -0.4 is 5.32 Å². The van der Waals surface area contributed by atoms with E-state index in [4.69, 9.17) is 11.6 Å². The summed E-state index contributed by atoms with van der Waals surface area (Å²) in [6, 6.07) is 2.78. The van der Waals surface area contributed by atoms with Crippen LogP contribution in [0.2, 0.25) is 5.02 Å². The first-order valence-corrected chi connectivity index (χ1v) is 6.28. The molecule has 5 nitrogen and oxygen atoms in total. The molecule has 0 aliphatic carbocycles. The summed E-state index contributed by atoms with van der Waals surface area (Å²) in [6.45, 7) is 1.81. The number of halogens is 4. The molecule has 0 unspecified atom stereocenters. The number of anilines is 1. The molecule has 0 atom stereocenters. The fourth-order valence-corrected chi connectivity index (χ4v) is 1.80. The lowest BCUT2D eigenvalue weighted by molar-refractivity contribution is -0.137. The Morgan fingerprint density at radius 1 is 1.38 bits per heavy atom. The second-order valence-corrected chi connectivity index (χ2v) is 4.58. The van der Waals surface area contributed by atoms with Crippen LogP contribution >= 0.6 is 11.6 Å². The molecular weight excluding hydrogens is 309 g/mol. The number of hydrogen-bond acceptors (Lipinski definition) is 3. The number of aromatic nitrogens is 3. The minimum Gasteiger partial charge on any atom is -0.319 e. The van der Waals surface area contributed by atoms with Crippen LogP contribution in [0.15, 0.2) is 18.2 Å². The predicted octanol–water partition coefficient (Wildman–Crippen LogP) is 3.29. The van der Waals surface area contributed by atoms with Gasteiger partial charge in [0.1, 0.15) is 5.82 Å². The third-order valence-electron chi connectivity index (χ3n) is 2.55. The van der Waals surface area contributed by atoms with E-state index in [2.05, 4.69) is 20.5 Å². The smallest absolute Gasteiger partial charge is 0.319 e. The zero-order valence-corrected chi connectivity index (χ0v) is 11.5. The lowest BCUT2D eigenvalue weighted by Gasteiger charge is -2.10. The molecule has 0 aliphatic rings. The molecule has 0 aliphatic heterocycles. The summed E-state index contributed by atoms with van der Waals surface area (Å²) >= 11 is 5.62. The Morgan fingerprint density at radius 2 is 2.10 bits per heavy atom. The van der Waals surface area contributed by atoms with Crippen LogP contribution in [0.5, 0.6) is 0 Å². The maximum atomic E-state index is 12.7. The maximum Gasteiger partial charge on any atom is 0.416 e. The van der Waals surface area contributed by atoms with Crippen LogP contribution in [0.25, 0.3) is 0 Å². The van der Waals surface area contributed by atoms with Gasteiger partial charge in [-0.25, -0.2) is 4.98 Å². The minimum absolute atomic E-state index is 0.0809. The van der Waals surface area contributed by atoms with E-state index in [1.54, 1.807) is 0 Å². The summed E-state index contributed by atoms with van der Waals surface area (Å²) in [7, 11) is 0. The molecular formula is C12H10ClF3N4O. The minimum atomic E-state index is -4.55. The number of carbonyl (C=O) groups is 1. The van der Waals surface area contributed by atoms with Gasteiger partial charge in [0.2, 0.25) is 5.82 Å². The van der Waals surface area contributed by atoms with E-state index in [9.17, 15) is 18.0 Å². The number of hydrogen-bond donors (Lipinski definition) is 2. The van der Waals surface area contributed by atoms with Gasteiger partial charge in [0, 0.05) is 17.1 Å². The molecule has 2 aromatic rings. The topological polar surface area (TPSA) is 70.7 Å². The Labute approximate surface area is 122 Å². The first kappa shape index (κ1) is 15.3. The van der Waals surface area contributed by atoms with Crippen molar-refractivity contribution >= 4 is 23.2 Å². The van der Waals surface area contributed by atoms with Crippen LogP contribution in [0.4, 0.5) is 18.9 Å². The second kappa shape index (κ2) is 5.72. The molecule has 2 rings (SSSR count). The van der Waals surface area contributed by atoms with Crippen LogP contribution in [0, 0.1) is 0 Å². The molecule has 0 saturated heterocycles. The number of alkyl halides is 3. The lowest BCUT2D eigenvalue weighted by atomic mass is 10.2. The van der Waals surface area contributed by atoms with Crippen molar-refractivity contribution < 1.29 is 18.0 Å². The fourth-order valence-electron chi connectivity index (χ4n) is 1.57. The van der Waals surface area contributed by atoms with Gasteiger partial charge in [-0.3, -0.25) is 9.89 Å². The maximum absolute atomic E-state index is 12.7. The van der Waals surface area contributed by atoms with E-state index in [0.717, 1.165) is 12.1 Å². The molecule has 0 spiro atoms. The summed E-state index contributed by atoms with van der Waals surface area (Å²) < 4.78 is 38.0. The zero-order chi connectivity index (χ0) is 15.6. The fraction of sp³-hybridized carbons (Fsp3) is 0.250. The molecule has 9 heteroatoms. The van der Waals surface area contributed by atoms with Gasteiger partial charge in [0.15, 0.2) is 0 Å². The van der Waals surface area contributed by atoms with Gasteiger partial charge in [-0.1, -0.05) is 18.5 Å². The summed E-state index contributed by atoms with van der Waals surface area (Å²) in [5.41, 5.74) is -1.03. The van der Waals surface area contributed by atoms with Gasteiger partial charge in [-0.05, 0) is 18.2 Å². The highest BCUT2D eigenvalue weighted by molar-refractivity contribution is 6.31. The molecule has 1 aromatic heterocycles. The quantitative estimate of drug-likeness (QED) is 0.912. The summed E-state index contributed by atoms with van der Waals surface area (Å²) in [4.78, 5) is 15.7. The highest BCUT2D eigenvalue weighted by atomic mass is 35.5. The molecule has 0 saturated carbocycles. The van der Waals surface area contributed by atoms with Gasteiger partial charge in [0.25, 0.3) is 5.91 Å². The number of benzene rings is 1. The summed E-state index contributed by atoms with van der Waals surface area (Å²) in [6.07, 6.45) is -4.00. The van der Waals surface area contributed by atoms with Crippen LogP contribution in [0.3, 0.4) is 0 Å². The molecule has 112 valence electrons. The van der Waals surface area contributed by atoms with Crippen molar-refractivity contribution in [2.75, 3.05) is 5.32 Å². The SMILES string of the molecule is CCc1nc(C(=O)Nc2cc(Cl)cc(C(F)(F)F)c2)n[nH]1. The monoisotopic (exact) mass is 318 g/mol. The second-order valence-electron chi connectivity index (χ2n) is 4.14. The van der Waals surface area contributed by atoms with Gasteiger partial charge < -0.3 is 5.32 Å². The summed E-state index contributed by atoms with van der Waals surface area (Å²) in [5, 5.41) is 8.36. The van der Waals surface area contributed by atoms with E-state index in [0.29, 0.717) is 12.2 Å². The van der Waals surface area contributed by atoms with Gasteiger partial charge >= 0.3 is 6.18 Å². The number of nitrogens with zero attached hydrogens (tertiary/aromatic N) is 2. The van der Waals surface area contributed by atoms with Crippen LogP contribution in [-0.2, 0) is 12.6 Å². The summed E-state index contributed by atoms with van der Waals surface area (Å²) in [5.74, 6) is -0.371. The van der Waals surface area contributed by atoms with Crippen molar-refractivity contribution in [1.82, 2.24) is 15.2 Å². The van der Waals surface area contributed by atoms with E-state index >= 15 is 0 Å². The molecule has 0 radical (unpaired) electrons. The van der Waals surface area contributed by atoms with Crippen molar-refractivity contribution in [3.8, 4) is 0 Å². The molecule has 21 heavy (non-hydrogen) atoms. The van der Waals surface area contributed by atoms with Gasteiger partial charge in [-0.2, -0.15) is 13.2 Å². The van der Waals surface area contributed by atoms with Crippen molar-refractivity contribution in [1.29, 1.82) is 0 Å². The number of aromatic amines is 1. The number of carbonyl (C=O) groups excluding carboxylic acids is 1. The van der Waals surface area contributed by atoms with E-state index < -0.39 is 17.6 Å². The van der Waals surface area contributed by atoms with Crippen molar-refractivity contribution in [2.45, 2.75) is 19.5 Å². The van der Waals surface area contributed by atoms with Gasteiger partial charge in [0.05, 0.1) is 5.56 Å². The Morgan fingerprint density at radius 3 is 2.67 bits per heavy atom. The van der Waals surface area contributed by atoms with Crippen LogP contribution in [0.1, 0.15) is 28.9 Å². The highest BCUT2D eigenvalue weighted by Gasteiger charge is 2.31. The number of H-pyrrole nitrogens is 1. The van der Waals surface area contributed by atoms with Crippen molar-refractivity contribution in [3.63, 3.8) is 0 Å². The Kier molecular flexibility index (Phi) is 4.17. The molecule has 1 aromatic carbocycles. The number of nitrogens with one attached hydrogen (secondary N) is 2. The largest absolute Gasteiger partial charge is 0.416 e. The average Bonchev–Trinajstić information content (AvgIpc) is 2.85. The van der Waals surface area contributed by atoms with Crippen molar-refractivity contribution in [2.24, 2.45) is 0 Å². The number of amides is 1. The lowest BCUT2D eigenvalue weighted by Crippen LogP contribution is -2.15. The highest BCUT2D eigenvalue weighted by Crippen LogP contribution is 2.33. The predicted molar refractivity (Wildman–Crippen MR) is 70.2 cm³/mol. The van der Waals surface area contributed by atoms with E-state index in [1.165, 1.54) is 6.07 Å².